The standard InChI is InChI=1S/C20H22N2O4/c1-13-8-17(10-19(23)22(13)15-6-7-15)26-18-11-21(12-18)20(24)14-4-3-5-16(9-14)25-2/h3-5,8-10,15,18H,6-7,11-12H2,1-2H3. The maximum Gasteiger partial charge on any atom is 0.254 e. The quantitative estimate of drug-likeness (QED) is 0.827. The fourth-order valence-electron chi connectivity index (χ4n) is 3.36. The van der Waals surface area contributed by atoms with Crippen LogP contribution in [0.4, 0.5) is 0 Å². The molecule has 2 fully saturated rings. The van der Waals surface area contributed by atoms with Gasteiger partial charge in [0.15, 0.2) is 0 Å². The second-order valence-corrected chi connectivity index (χ2v) is 6.95. The number of carbonyl (C=O) groups excluding carboxylic acids is 1. The van der Waals surface area contributed by atoms with Crippen molar-refractivity contribution in [2.45, 2.75) is 31.9 Å². The summed E-state index contributed by atoms with van der Waals surface area (Å²) in [6, 6.07) is 10.9. The third kappa shape index (κ3) is 3.19. The van der Waals surface area contributed by atoms with Crippen molar-refractivity contribution in [3.63, 3.8) is 0 Å². The minimum atomic E-state index is -0.0832. The molecule has 4 rings (SSSR count). The predicted molar refractivity (Wildman–Crippen MR) is 97.0 cm³/mol. The van der Waals surface area contributed by atoms with Gasteiger partial charge < -0.3 is 18.9 Å². The largest absolute Gasteiger partial charge is 0.497 e. The van der Waals surface area contributed by atoms with Gasteiger partial charge in [0.1, 0.15) is 17.6 Å². The SMILES string of the molecule is COc1cccc(C(=O)N2CC(Oc3cc(C)n(C4CC4)c(=O)c3)C2)c1. The summed E-state index contributed by atoms with van der Waals surface area (Å²) in [5, 5.41) is 0. The Balaban J connectivity index is 1.38. The zero-order valence-corrected chi connectivity index (χ0v) is 15.0. The molecule has 2 aromatic rings. The molecule has 2 heterocycles. The van der Waals surface area contributed by atoms with Gasteiger partial charge in [-0.1, -0.05) is 6.07 Å². The van der Waals surface area contributed by atoms with Gasteiger partial charge in [-0.3, -0.25) is 9.59 Å². The van der Waals surface area contributed by atoms with Crippen LogP contribution in [0.25, 0.3) is 0 Å². The van der Waals surface area contributed by atoms with Gasteiger partial charge in [-0.15, -0.1) is 0 Å². The van der Waals surface area contributed by atoms with Gasteiger partial charge in [0.2, 0.25) is 0 Å². The Labute approximate surface area is 152 Å². The molecule has 1 aromatic heterocycles. The van der Waals surface area contributed by atoms with E-state index in [-0.39, 0.29) is 17.6 Å². The number of hydrogen-bond donors (Lipinski definition) is 0. The zero-order valence-electron chi connectivity index (χ0n) is 15.0. The van der Waals surface area contributed by atoms with Gasteiger partial charge in [0.05, 0.1) is 20.2 Å². The van der Waals surface area contributed by atoms with Gasteiger partial charge >= 0.3 is 0 Å². The van der Waals surface area contributed by atoms with Crippen LogP contribution in [0.15, 0.2) is 41.2 Å². The number of pyridine rings is 1. The molecule has 0 spiro atoms. The highest BCUT2D eigenvalue weighted by atomic mass is 16.5. The summed E-state index contributed by atoms with van der Waals surface area (Å²) < 4.78 is 12.9. The Kier molecular flexibility index (Phi) is 4.18. The van der Waals surface area contributed by atoms with Gasteiger partial charge in [-0.25, -0.2) is 0 Å². The van der Waals surface area contributed by atoms with E-state index >= 15 is 0 Å². The van der Waals surface area contributed by atoms with Gasteiger partial charge in [-0.05, 0) is 44.0 Å². The third-order valence-corrected chi connectivity index (χ3v) is 4.90. The molecule has 1 aliphatic carbocycles. The zero-order chi connectivity index (χ0) is 18.3. The van der Waals surface area contributed by atoms with Crippen LogP contribution in [0.1, 0.15) is 34.9 Å². The number of amides is 1. The van der Waals surface area contributed by atoms with Crippen molar-refractivity contribution >= 4 is 5.91 Å². The fourth-order valence-corrected chi connectivity index (χ4v) is 3.36. The van der Waals surface area contributed by atoms with Crippen molar-refractivity contribution in [3.05, 3.63) is 58.0 Å². The van der Waals surface area contributed by atoms with Crippen LogP contribution in [0, 0.1) is 6.92 Å². The highest BCUT2D eigenvalue weighted by Crippen LogP contribution is 2.35. The molecule has 136 valence electrons. The molecule has 6 nitrogen and oxygen atoms in total. The van der Waals surface area contributed by atoms with Crippen LogP contribution in [0.2, 0.25) is 0 Å². The minimum Gasteiger partial charge on any atom is -0.497 e. The van der Waals surface area contributed by atoms with Crippen molar-refractivity contribution < 1.29 is 14.3 Å². The molecular weight excluding hydrogens is 332 g/mol. The molecule has 2 aliphatic rings. The van der Waals surface area contributed by atoms with Crippen LogP contribution in [0.3, 0.4) is 0 Å². The third-order valence-electron chi connectivity index (χ3n) is 4.90. The van der Waals surface area contributed by atoms with Crippen LogP contribution >= 0.6 is 0 Å². The summed E-state index contributed by atoms with van der Waals surface area (Å²) in [4.78, 5) is 26.5. The van der Waals surface area contributed by atoms with E-state index in [9.17, 15) is 9.59 Å². The average Bonchev–Trinajstić information content (AvgIpc) is 3.41. The Hall–Kier alpha value is -2.76. The summed E-state index contributed by atoms with van der Waals surface area (Å²) >= 11 is 0. The Bertz CT molecular complexity index is 895. The van der Waals surface area contributed by atoms with Crippen molar-refractivity contribution in [2.24, 2.45) is 0 Å². The first-order chi connectivity index (χ1) is 12.5. The smallest absolute Gasteiger partial charge is 0.254 e. The number of benzene rings is 1. The summed E-state index contributed by atoms with van der Waals surface area (Å²) in [5.41, 5.74) is 1.52. The molecule has 0 radical (unpaired) electrons. The number of methoxy groups -OCH3 is 1. The number of nitrogens with zero attached hydrogens (tertiary/aromatic N) is 2. The summed E-state index contributed by atoms with van der Waals surface area (Å²) in [6.45, 7) is 2.97. The number of ether oxygens (including phenoxy) is 2. The molecule has 1 amide bonds. The highest BCUT2D eigenvalue weighted by molar-refractivity contribution is 5.95. The van der Waals surface area contributed by atoms with E-state index in [2.05, 4.69) is 0 Å². The van der Waals surface area contributed by atoms with E-state index in [1.165, 1.54) is 0 Å². The first-order valence-corrected chi connectivity index (χ1v) is 8.88. The topological polar surface area (TPSA) is 60.8 Å². The molecule has 1 saturated heterocycles. The fraction of sp³-hybridized carbons (Fsp3) is 0.400. The molecule has 0 unspecified atom stereocenters. The Morgan fingerprint density at radius 3 is 2.54 bits per heavy atom. The van der Waals surface area contributed by atoms with Gasteiger partial charge in [0.25, 0.3) is 11.5 Å². The Morgan fingerprint density at radius 2 is 1.88 bits per heavy atom. The molecule has 6 heteroatoms. The number of aromatic nitrogens is 1. The van der Waals surface area contributed by atoms with Crippen LogP contribution < -0.4 is 15.0 Å². The lowest BCUT2D eigenvalue weighted by atomic mass is 10.1. The first kappa shape index (κ1) is 16.7. The van der Waals surface area contributed by atoms with E-state index in [0.717, 1.165) is 18.5 Å². The second kappa shape index (κ2) is 6.52. The second-order valence-electron chi connectivity index (χ2n) is 6.95. The van der Waals surface area contributed by atoms with E-state index in [1.54, 1.807) is 36.3 Å². The number of carbonyl (C=O) groups is 1. The molecular formula is C20H22N2O4. The lowest BCUT2D eigenvalue weighted by molar-refractivity contribution is 0.0176. The van der Waals surface area contributed by atoms with E-state index in [4.69, 9.17) is 9.47 Å². The maximum atomic E-state index is 12.5. The van der Waals surface area contributed by atoms with Crippen LogP contribution in [0.5, 0.6) is 11.5 Å². The van der Waals surface area contributed by atoms with E-state index < -0.39 is 0 Å². The number of aryl methyl sites for hydroxylation is 1. The average molecular weight is 354 g/mol. The lowest BCUT2D eigenvalue weighted by Crippen LogP contribution is -2.56. The van der Waals surface area contributed by atoms with Crippen LogP contribution in [-0.4, -0.2) is 41.7 Å². The van der Waals surface area contributed by atoms with Gasteiger partial charge in [0, 0.05) is 23.4 Å². The molecule has 0 atom stereocenters. The predicted octanol–water partition coefficient (Wildman–Crippen LogP) is 2.40. The maximum absolute atomic E-state index is 12.5. The lowest BCUT2D eigenvalue weighted by Gasteiger charge is -2.39. The van der Waals surface area contributed by atoms with Crippen LogP contribution in [-0.2, 0) is 0 Å². The first-order valence-electron chi connectivity index (χ1n) is 8.88. The molecule has 0 bridgehead atoms. The van der Waals surface area contributed by atoms with Gasteiger partial charge in [-0.2, -0.15) is 0 Å². The van der Waals surface area contributed by atoms with E-state index in [0.29, 0.717) is 36.2 Å². The summed E-state index contributed by atoms with van der Waals surface area (Å²) in [5.74, 6) is 1.21. The van der Waals surface area contributed by atoms with Crippen molar-refractivity contribution in [2.75, 3.05) is 20.2 Å². The highest BCUT2D eigenvalue weighted by Gasteiger charge is 2.33. The van der Waals surface area contributed by atoms with E-state index in [1.807, 2.05) is 23.6 Å². The normalized spacial score (nSPS) is 16.9. The number of rotatable bonds is 5. The molecule has 26 heavy (non-hydrogen) atoms. The molecule has 1 saturated carbocycles. The monoisotopic (exact) mass is 354 g/mol. The summed E-state index contributed by atoms with van der Waals surface area (Å²) in [6.07, 6.45) is 2.07. The molecule has 1 aromatic carbocycles. The summed E-state index contributed by atoms with van der Waals surface area (Å²) in [7, 11) is 1.58. The van der Waals surface area contributed by atoms with Crippen molar-refractivity contribution in [1.29, 1.82) is 0 Å². The number of hydrogen-bond acceptors (Lipinski definition) is 4. The van der Waals surface area contributed by atoms with Crippen molar-refractivity contribution in [3.8, 4) is 11.5 Å². The molecule has 0 N–H and O–H groups in total. The van der Waals surface area contributed by atoms with Crippen molar-refractivity contribution in [1.82, 2.24) is 9.47 Å². The number of likely N-dealkylation sites (tertiary alicyclic amines) is 1. The Morgan fingerprint density at radius 1 is 1.12 bits per heavy atom. The molecule has 1 aliphatic heterocycles. The minimum absolute atomic E-state index is 0.00821.